The molecular weight excluding hydrogens is 474 g/mol. The van der Waals surface area contributed by atoms with Crippen LogP contribution in [0.1, 0.15) is 16.4 Å². The molecule has 31 heavy (non-hydrogen) atoms. The van der Waals surface area contributed by atoms with Gasteiger partial charge in [-0.05, 0) is 42.5 Å². The molecule has 2 aliphatic heterocycles. The van der Waals surface area contributed by atoms with Crippen molar-refractivity contribution in [3.63, 3.8) is 0 Å². The molecule has 4 aromatic rings. The number of nitrogens with zero attached hydrogens (tertiary/aromatic N) is 1. The van der Waals surface area contributed by atoms with Crippen LogP contribution in [0.2, 0.25) is 0 Å². The Kier molecular flexibility index (Phi) is 4.51. The van der Waals surface area contributed by atoms with Gasteiger partial charge in [0.15, 0.2) is 5.43 Å². The minimum absolute atomic E-state index is 0.0161. The molecule has 6 rings (SSSR count). The van der Waals surface area contributed by atoms with E-state index < -0.39 is 0 Å². The van der Waals surface area contributed by atoms with Crippen LogP contribution in [0.3, 0.4) is 0 Å². The van der Waals surface area contributed by atoms with Crippen molar-refractivity contribution in [3.05, 3.63) is 98.8 Å². The Balaban J connectivity index is 1.58. The molecule has 0 radical (unpaired) electrons. The maximum atomic E-state index is 13.5. The summed E-state index contributed by atoms with van der Waals surface area (Å²) in [7, 11) is 0. The van der Waals surface area contributed by atoms with Gasteiger partial charge >= 0.3 is 0 Å². The molecule has 2 atom stereocenters. The van der Waals surface area contributed by atoms with Gasteiger partial charge in [0.25, 0.3) is 0 Å². The first-order chi connectivity index (χ1) is 15.2. The summed E-state index contributed by atoms with van der Waals surface area (Å²) in [6, 6.07) is 21.5. The van der Waals surface area contributed by atoms with Crippen LogP contribution in [-0.4, -0.2) is 12.3 Å². The highest BCUT2D eigenvalue weighted by Gasteiger charge is 2.38. The molecule has 0 saturated heterocycles. The van der Waals surface area contributed by atoms with E-state index in [1.807, 2.05) is 60.7 Å². The minimum atomic E-state index is -0.185. The summed E-state index contributed by atoms with van der Waals surface area (Å²) in [6.45, 7) is 0.456. The number of thioether (sulfide) groups is 1. The van der Waals surface area contributed by atoms with Crippen LogP contribution in [-0.2, 0) is 0 Å². The van der Waals surface area contributed by atoms with Crippen molar-refractivity contribution < 1.29 is 9.15 Å². The highest BCUT2D eigenvalue weighted by Crippen LogP contribution is 2.49. The van der Waals surface area contributed by atoms with Crippen LogP contribution in [0.25, 0.3) is 11.0 Å². The Labute approximate surface area is 191 Å². The lowest BCUT2D eigenvalue weighted by molar-refractivity contribution is 0.271. The zero-order valence-electron chi connectivity index (χ0n) is 16.2. The van der Waals surface area contributed by atoms with Gasteiger partial charge in [0.05, 0.1) is 40.8 Å². The molecule has 0 N–H and O–H groups in total. The second-order valence-electron chi connectivity index (χ2n) is 7.58. The molecular formula is C25H16BrNO3S. The van der Waals surface area contributed by atoms with Crippen molar-refractivity contribution >= 4 is 50.1 Å². The molecule has 0 saturated carbocycles. The number of hydrogen-bond acceptors (Lipinski definition) is 5. The average Bonchev–Trinajstić information content (AvgIpc) is 2.97. The number of ether oxygens (including phenoxy) is 1. The van der Waals surface area contributed by atoms with Crippen LogP contribution in [0.15, 0.2) is 96.6 Å². The van der Waals surface area contributed by atoms with Gasteiger partial charge in [-0.15, -0.1) is 11.8 Å². The Morgan fingerprint density at radius 2 is 1.87 bits per heavy atom. The highest BCUT2D eigenvalue weighted by atomic mass is 79.9. The van der Waals surface area contributed by atoms with Crippen LogP contribution >= 0.6 is 27.7 Å². The molecule has 3 aromatic carbocycles. The molecule has 0 amide bonds. The van der Waals surface area contributed by atoms with Crippen molar-refractivity contribution in [2.45, 2.75) is 10.1 Å². The van der Waals surface area contributed by atoms with E-state index in [9.17, 15) is 4.79 Å². The third-order valence-electron chi connectivity index (χ3n) is 5.73. The molecule has 1 aromatic heterocycles. The molecule has 6 heteroatoms. The van der Waals surface area contributed by atoms with Gasteiger partial charge in [0.1, 0.15) is 11.3 Å². The number of aliphatic imine (C=N–C) groups is 1. The predicted octanol–water partition coefficient (Wildman–Crippen LogP) is 6.53. The fourth-order valence-corrected chi connectivity index (χ4v) is 5.92. The first kappa shape index (κ1) is 18.9. The number of benzene rings is 3. The van der Waals surface area contributed by atoms with Crippen LogP contribution in [0.5, 0.6) is 5.75 Å². The van der Waals surface area contributed by atoms with E-state index in [0.717, 1.165) is 32.1 Å². The Morgan fingerprint density at radius 3 is 2.81 bits per heavy atom. The summed E-state index contributed by atoms with van der Waals surface area (Å²) in [5.74, 6) is 0.745. The highest BCUT2D eigenvalue weighted by molar-refractivity contribution is 9.10. The number of fused-ring (bicyclic) bond motifs is 5. The molecule has 0 aliphatic carbocycles. The summed E-state index contributed by atoms with van der Waals surface area (Å²) in [5.41, 5.74) is 4.05. The SMILES string of the molecule is O=c1c([C@@H]2Sc3ccccc3N=C3c4ccccc4OC[C@H]32)coc2ccc(Br)cc12. The van der Waals surface area contributed by atoms with Gasteiger partial charge in [0.2, 0.25) is 0 Å². The Hall–Kier alpha value is -2.83. The number of rotatable bonds is 1. The van der Waals surface area contributed by atoms with Gasteiger partial charge in [-0.1, -0.05) is 40.2 Å². The third-order valence-corrected chi connectivity index (χ3v) is 7.65. The fourth-order valence-electron chi connectivity index (χ4n) is 4.23. The van der Waals surface area contributed by atoms with Crippen molar-refractivity contribution in [1.29, 1.82) is 0 Å². The normalized spacial score (nSPS) is 19.5. The molecule has 2 aliphatic rings. The lowest BCUT2D eigenvalue weighted by Crippen LogP contribution is -2.33. The van der Waals surface area contributed by atoms with E-state index in [-0.39, 0.29) is 16.6 Å². The third kappa shape index (κ3) is 3.13. The molecule has 152 valence electrons. The molecule has 0 unspecified atom stereocenters. The van der Waals surface area contributed by atoms with Crippen molar-refractivity contribution in [1.82, 2.24) is 0 Å². The van der Waals surface area contributed by atoms with Crippen molar-refractivity contribution in [2.24, 2.45) is 10.9 Å². The van der Waals surface area contributed by atoms with Crippen molar-refractivity contribution in [3.8, 4) is 5.75 Å². The fraction of sp³-hybridized carbons (Fsp3) is 0.120. The molecule has 3 heterocycles. The molecule has 0 bridgehead atoms. The molecule has 0 spiro atoms. The smallest absolute Gasteiger partial charge is 0.197 e. The van der Waals surface area contributed by atoms with Gasteiger partial charge in [-0.25, -0.2) is 0 Å². The maximum Gasteiger partial charge on any atom is 0.197 e. The average molecular weight is 490 g/mol. The zero-order chi connectivity index (χ0) is 20.9. The summed E-state index contributed by atoms with van der Waals surface area (Å²) in [4.78, 5) is 19.7. The van der Waals surface area contributed by atoms with Crippen LogP contribution < -0.4 is 10.2 Å². The van der Waals surface area contributed by atoms with E-state index in [1.54, 1.807) is 18.0 Å². The zero-order valence-corrected chi connectivity index (χ0v) is 18.7. The molecule has 0 fully saturated rings. The van der Waals surface area contributed by atoms with E-state index >= 15 is 0 Å². The van der Waals surface area contributed by atoms with E-state index in [1.165, 1.54) is 0 Å². The van der Waals surface area contributed by atoms with E-state index in [2.05, 4.69) is 22.0 Å². The number of para-hydroxylation sites is 2. The monoisotopic (exact) mass is 489 g/mol. The first-order valence-electron chi connectivity index (χ1n) is 9.96. The first-order valence-corrected chi connectivity index (χ1v) is 11.6. The Bertz CT molecular complexity index is 1430. The Morgan fingerprint density at radius 1 is 1.03 bits per heavy atom. The second-order valence-corrected chi connectivity index (χ2v) is 9.68. The van der Waals surface area contributed by atoms with Crippen LogP contribution in [0.4, 0.5) is 5.69 Å². The van der Waals surface area contributed by atoms with Gasteiger partial charge in [-0.2, -0.15) is 0 Å². The maximum absolute atomic E-state index is 13.5. The summed E-state index contributed by atoms with van der Waals surface area (Å²) in [6.07, 6.45) is 1.61. The summed E-state index contributed by atoms with van der Waals surface area (Å²) in [5, 5.41) is 0.385. The molecule has 4 nitrogen and oxygen atoms in total. The quantitative estimate of drug-likeness (QED) is 0.304. The number of hydrogen-bond donors (Lipinski definition) is 0. The lowest BCUT2D eigenvalue weighted by Gasteiger charge is -2.31. The van der Waals surface area contributed by atoms with Crippen molar-refractivity contribution in [2.75, 3.05) is 6.61 Å². The van der Waals surface area contributed by atoms with E-state index in [0.29, 0.717) is 23.1 Å². The topological polar surface area (TPSA) is 51.8 Å². The minimum Gasteiger partial charge on any atom is -0.492 e. The van der Waals surface area contributed by atoms with Crippen LogP contribution in [0, 0.1) is 5.92 Å². The largest absolute Gasteiger partial charge is 0.492 e. The van der Waals surface area contributed by atoms with Gasteiger partial charge in [-0.3, -0.25) is 9.79 Å². The lowest BCUT2D eigenvalue weighted by atomic mass is 9.88. The van der Waals surface area contributed by atoms with Gasteiger partial charge < -0.3 is 9.15 Å². The van der Waals surface area contributed by atoms with Gasteiger partial charge in [0, 0.05) is 20.5 Å². The summed E-state index contributed by atoms with van der Waals surface area (Å²) < 4.78 is 12.9. The predicted molar refractivity (Wildman–Crippen MR) is 127 cm³/mol. The standard InChI is InChI=1S/C25H16BrNO3S/c26-14-9-10-21-16(11-14)24(28)18(13-30-21)25-17-12-29-20-7-3-1-5-15(20)23(17)27-19-6-2-4-8-22(19)31-25/h1-11,13,17,25H,12H2/t17-,25-/m1/s1. The second kappa shape index (κ2) is 7.39. The summed E-state index contributed by atoms with van der Waals surface area (Å²) >= 11 is 5.12. The number of halogens is 1. The van der Waals surface area contributed by atoms with E-state index in [4.69, 9.17) is 14.1 Å².